The quantitative estimate of drug-likeness (QED) is 0.809. The highest BCUT2D eigenvalue weighted by Gasteiger charge is 2.23. The molecule has 0 fully saturated rings. The van der Waals surface area contributed by atoms with E-state index >= 15 is 0 Å². The first kappa shape index (κ1) is 16.0. The maximum atomic E-state index is 12.5. The Hall–Kier alpha value is -1.07. The molecule has 0 aromatic heterocycles. The fraction of sp³-hybridized carbons (Fsp3) is 0.571. The Kier molecular flexibility index (Phi) is 5.82. The van der Waals surface area contributed by atoms with Crippen molar-refractivity contribution < 1.29 is 8.42 Å². The first-order valence-electron chi connectivity index (χ1n) is 6.77. The van der Waals surface area contributed by atoms with Gasteiger partial charge in [-0.1, -0.05) is 32.9 Å². The van der Waals surface area contributed by atoms with Gasteiger partial charge >= 0.3 is 0 Å². The lowest BCUT2D eigenvalue weighted by atomic mass is 10.0. The van der Waals surface area contributed by atoms with Gasteiger partial charge in [-0.2, -0.15) is 0 Å². The number of rotatable bonds is 7. The summed E-state index contributed by atoms with van der Waals surface area (Å²) in [4.78, 5) is 0.316. The monoisotopic (exact) mass is 284 g/mol. The minimum Gasteiger partial charge on any atom is -0.384 e. The zero-order chi connectivity index (χ0) is 14.5. The molecule has 108 valence electrons. The molecule has 2 N–H and O–H groups in total. The van der Waals surface area contributed by atoms with E-state index in [-0.39, 0.29) is 12.0 Å². The van der Waals surface area contributed by atoms with Crippen LogP contribution in [0.5, 0.6) is 0 Å². The third-order valence-electron chi connectivity index (χ3n) is 3.09. The van der Waals surface area contributed by atoms with E-state index in [1.807, 2.05) is 33.8 Å². The number of nitrogens with one attached hydrogen (secondary N) is 2. The summed E-state index contributed by atoms with van der Waals surface area (Å²) in [7, 11) is -3.48. The van der Waals surface area contributed by atoms with Gasteiger partial charge < -0.3 is 5.32 Å². The number of sulfonamides is 1. The summed E-state index contributed by atoms with van der Waals surface area (Å²) in [6.45, 7) is 8.66. The Morgan fingerprint density at radius 1 is 1.16 bits per heavy atom. The van der Waals surface area contributed by atoms with E-state index in [0.29, 0.717) is 17.1 Å². The normalized spacial score (nSPS) is 13.5. The summed E-state index contributed by atoms with van der Waals surface area (Å²) < 4.78 is 27.7. The van der Waals surface area contributed by atoms with Crippen LogP contribution in [0.15, 0.2) is 29.2 Å². The number of anilines is 1. The Morgan fingerprint density at radius 2 is 1.79 bits per heavy atom. The van der Waals surface area contributed by atoms with Crippen LogP contribution < -0.4 is 10.0 Å². The van der Waals surface area contributed by atoms with Crippen LogP contribution in [0.2, 0.25) is 0 Å². The van der Waals surface area contributed by atoms with Crippen LogP contribution in [-0.4, -0.2) is 21.0 Å². The van der Waals surface area contributed by atoms with Gasteiger partial charge in [0, 0.05) is 12.6 Å². The molecule has 0 saturated carbocycles. The molecule has 0 aliphatic heterocycles. The van der Waals surface area contributed by atoms with Crippen LogP contribution in [0.25, 0.3) is 0 Å². The number of para-hydroxylation sites is 1. The molecule has 0 aliphatic rings. The van der Waals surface area contributed by atoms with E-state index in [1.165, 1.54) is 0 Å². The highest BCUT2D eigenvalue weighted by atomic mass is 32.2. The minimum atomic E-state index is -3.48. The molecule has 5 heteroatoms. The minimum absolute atomic E-state index is 0.0420. The number of benzene rings is 1. The molecule has 0 spiro atoms. The van der Waals surface area contributed by atoms with Gasteiger partial charge in [0.15, 0.2) is 0 Å². The smallest absolute Gasteiger partial charge is 0.242 e. The van der Waals surface area contributed by atoms with Crippen LogP contribution in [0.1, 0.15) is 34.1 Å². The second-order valence-corrected chi connectivity index (χ2v) is 6.59. The lowest BCUT2D eigenvalue weighted by Gasteiger charge is -2.21. The van der Waals surface area contributed by atoms with Crippen molar-refractivity contribution in [3.8, 4) is 0 Å². The molecule has 0 radical (unpaired) electrons. The van der Waals surface area contributed by atoms with E-state index in [4.69, 9.17) is 0 Å². The van der Waals surface area contributed by atoms with Crippen LogP contribution >= 0.6 is 0 Å². The molecule has 0 bridgehead atoms. The standard InChI is InChI=1S/C14H24N2O2S/c1-5-12(11(3)4)16-19(17,18)14-10-8-7-9-13(14)15-6-2/h7-12,15-16H,5-6H2,1-4H3. The van der Waals surface area contributed by atoms with Crippen molar-refractivity contribution in [3.63, 3.8) is 0 Å². The third-order valence-corrected chi connectivity index (χ3v) is 4.64. The van der Waals surface area contributed by atoms with Crippen molar-refractivity contribution in [1.82, 2.24) is 4.72 Å². The van der Waals surface area contributed by atoms with Gasteiger partial charge in [0.2, 0.25) is 10.0 Å². The molecule has 0 amide bonds. The van der Waals surface area contributed by atoms with E-state index in [9.17, 15) is 8.42 Å². The van der Waals surface area contributed by atoms with Crippen LogP contribution in [0.4, 0.5) is 5.69 Å². The number of hydrogen-bond donors (Lipinski definition) is 2. The van der Waals surface area contributed by atoms with Crippen molar-refractivity contribution >= 4 is 15.7 Å². The topological polar surface area (TPSA) is 58.2 Å². The maximum Gasteiger partial charge on any atom is 0.242 e. The summed E-state index contributed by atoms with van der Waals surface area (Å²) in [5.74, 6) is 0.270. The molecule has 0 aliphatic carbocycles. The van der Waals surface area contributed by atoms with E-state index in [0.717, 1.165) is 6.42 Å². The zero-order valence-electron chi connectivity index (χ0n) is 12.1. The van der Waals surface area contributed by atoms with Gasteiger partial charge in [-0.3, -0.25) is 0 Å². The van der Waals surface area contributed by atoms with Gasteiger partial charge in [-0.15, -0.1) is 0 Å². The molecular weight excluding hydrogens is 260 g/mol. The lowest BCUT2D eigenvalue weighted by Crippen LogP contribution is -2.38. The van der Waals surface area contributed by atoms with Gasteiger partial charge in [-0.05, 0) is 31.4 Å². The molecule has 0 saturated heterocycles. The molecule has 1 atom stereocenters. The third kappa shape index (κ3) is 4.21. The van der Waals surface area contributed by atoms with Gasteiger partial charge in [0.05, 0.1) is 5.69 Å². The van der Waals surface area contributed by atoms with E-state index < -0.39 is 10.0 Å². The van der Waals surface area contributed by atoms with Gasteiger partial charge in [0.1, 0.15) is 4.90 Å². The Bertz CT molecular complexity index is 498. The van der Waals surface area contributed by atoms with Crippen molar-refractivity contribution in [1.29, 1.82) is 0 Å². The predicted octanol–water partition coefficient (Wildman–Crippen LogP) is 2.83. The Labute approximate surface area is 116 Å². The van der Waals surface area contributed by atoms with Gasteiger partial charge in [-0.25, -0.2) is 13.1 Å². The molecule has 19 heavy (non-hydrogen) atoms. The van der Waals surface area contributed by atoms with Crippen molar-refractivity contribution in [2.45, 2.75) is 45.1 Å². The molecule has 1 aromatic carbocycles. The van der Waals surface area contributed by atoms with Crippen LogP contribution in [0, 0.1) is 5.92 Å². The zero-order valence-corrected chi connectivity index (χ0v) is 12.9. The molecule has 0 heterocycles. The highest BCUT2D eigenvalue weighted by Crippen LogP contribution is 2.21. The SMILES string of the molecule is CCNc1ccccc1S(=O)(=O)NC(CC)C(C)C. The first-order valence-corrected chi connectivity index (χ1v) is 8.25. The van der Waals surface area contributed by atoms with Crippen molar-refractivity contribution in [2.75, 3.05) is 11.9 Å². The first-order chi connectivity index (χ1) is 8.92. The number of hydrogen-bond acceptors (Lipinski definition) is 3. The predicted molar refractivity (Wildman–Crippen MR) is 79.8 cm³/mol. The van der Waals surface area contributed by atoms with E-state index in [2.05, 4.69) is 10.0 Å². The summed E-state index contributed by atoms with van der Waals surface area (Å²) in [5.41, 5.74) is 0.649. The van der Waals surface area contributed by atoms with Crippen molar-refractivity contribution in [3.05, 3.63) is 24.3 Å². The summed E-state index contributed by atoms with van der Waals surface area (Å²) in [6, 6.07) is 6.95. The Morgan fingerprint density at radius 3 is 2.32 bits per heavy atom. The highest BCUT2D eigenvalue weighted by molar-refractivity contribution is 7.89. The summed E-state index contributed by atoms with van der Waals surface area (Å²) >= 11 is 0. The Balaban J connectivity index is 3.06. The second kappa shape index (κ2) is 6.91. The van der Waals surface area contributed by atoms with E-state index in [1.54, 1.807) is 18.2 Å². The van der Waals surface area contributed by atoms with Crippen LogP contribution in [0.3, 0.4) is 0 Å². The largest absolute Gasteiger partial charge is 0.384 e. The summed E-state index contributed by atoms with van der Waals surface area (Å²) in [6.07, 6.45) is 0.778. The molecular formula is C14H24N2O2S. The molecule has 1 unspecified atom stereocenters. The molecule has 1 rings (SSSR count). The summed E-state index contributed by atoms with van der Waals surface area (Å²) in [5, 5.41) is 3.08. The molecule has 1 aromatic rings. The average Bonchev–Trinajstić information content (AvgIpc) is 2.36. The lowest BCUT2D eigenvalue weighted by molar-refractivity contribution is 0.437. The second-order valence-electron chi connectivity index (χ2n) is 4.91. The maximum absolute atomic E-state index is 12.5. The van der Waals surface area contributed by atoms with Gasteiger partial charge in [0.25, 0.3) is 0 Å². The molecule has 4 nitrogen and oxygen atoms in total. The fourth-order valence-corrected chi connectivity index (χ4v) is 3.64. The van der Waals surface area contributed by atoms with Crippen molar-refractivity contribution in [2.24, 2.45) is 5.92 Å². The fourth-order valence-electron chi connectivity index (χ4n) is 1.99. The van der Waals surface area contributed by atoms with Crippen LogP contribution in [-0.2, 0) is 10.0 Å². The average molecular weight is 284 g/mol.